The summed E-state index contributed by atoms with van der Waals surface area (Å²) < 4.78 is 6.00. The summed E-state index contributed by atoms with van der Waals surface area (Å²) in [5.74, 6) is 0.563. The molecule has 0 saturated heterocycles. The average Bonchev–Trinajstić information content (AvgIpc) is 2.99. The molecule has 0 radical (unpaired) electrons. The molecule has 41 heavy (non-hydrogen) atoms. The second-order valence-electron chi connectivity index (χ2n) is 13.2. The number of ether oxygens (including phenoxy) is 1. The molecule has 2 nitrogen and oxygen atoms in total. The Labute approximate surface area is 260 Å². The fourth-order valence-corrected chi connectivity index (χ4v) is 5.95. The summed E-state index contributed by atoms with van der Waals surface area (Å²) in [7, 11) is 0. The molecule has 0 aromatic rings. The zero-order valence-electron chi connectivity index (χ0n) is 28.8. The normalized spacial score (nSPS) is 12.6. The van der Waals surface area contributed by atoms with Gasteiger partial charge in [-0.05, 0) is 51.0 Å². The molecule has 0 rings (SSSR count). The molecular weight excluding hydrogens is 498 g/mol. The SMILES string of the molecule is CCCCCCCCC=CCCCCCCCCC(CN)COCCCCCCCCCCCCCCCCCC. The van der Waals surface area contributed by atoms with Crippen LogP contribution in [0.4, 0.5) is 0 Å². The van der Waals surface area contributed by atoms with Gasteiger partial charge in [0.25, 0.3) is 0 Å². The topological polar surface area (TPSA) is 35.2 Å². The van der Waals surface area contributed by atoms with E-state index in [1.54, 1.807) is 0 Å². The average molecular weight is 578 g/mol. The summed E-state index contributed by atoms with van der Waals surface area (Å²) in [6.07, 6.45) is 48.1. The van der Waals surface area contributed by atoms with Gasteiger partial charge >= 0.3 is 0 Å². The minimum Gasteiger partial charge on any atom is -0.381 e. The lowest BCUT2D eigenvalue weighted by atomic mass is 10.0. The van der Waals surface area contributed by atoms with E-state index in [1.807, 2.05) is 0 Å². The second-order valence-corrected chi connectivity index (χ2v) is 13.2. The highest BCUT2D eigenvalue weighted by Gasteiger charge is 2.06. The predicted molar refractivity (Wildman–Crippen MR) is 187 cm³/mol. The number of hydrogen-bond acceptors (Lipinski definition) is 2. The van der Waals surface area contributed by atoms with Crippen LogP contribution in [0.5, 0.6) is 0 Å². The Bertz CT molecular complexity index is 476. The summed E-state index contributed by atoms with van der Waals surface area (Å²) in [6, 6.07) is 0. The van der Waals surface area contributed by atoms with Crippen LogP contribution in [-0.2, 0) is 4.74 Å². The van der Waals surface area contributed by atoms with Crippen LogP contribution in [0.15, 0.2) is 12.2 Å². The van der Waals surface area contributed by atoms with E-state index in [4.69, 9.17) is 10.5 Å². The highest BCUT2D eigenvalue weighted by molar-refractivity contribution is 4.81. The maximum absolute atomic E-state index is 6.03. The van der Waals surface area contributed by atoms with Crippen molar-refractivity contribution in [3.05, 3.63) is 12.2 Å². The first-order valence-corrected chi connectivity index (χ1v) is 19.3. The van der Waals surface area contributed by atoms with Crippen molar-refractivity contribution in [3.8, 4) is 0 Å². The van der Waals surface area contributed by atoms with Crippen molar-refractivity contribution in [2.24, 2.45) is 11.7 Å². The Balaban J connectivity index is 3.28. The quantitative estimate of drug-likeness (QED) is 0.0593. The van der Waals surface area contributed by atoms with Gasteiger partial charge in [-0.15, -0.1) is 0 Å². The highest BCUT2D eigenvalue weighted by atomic mass is 16.5. The number of unbranched alkanes of at least 4 members (excludes halogenated alkanes) is 27. The van der Waals surface area contributed by atoms with Gasteiger partial charge in [0.05, 0.1) is 6.61 Å². The molecule has 0 saturated carbocycles. The van der Waals surface area contributed by atoms with E-state index in [0.29, 0.717) is 5.92 Å². The minimum absolute atomic E-state index is 0.563. The maximum atomic E-state index is 6.03. The van der Waals surface area contributed by atoms with E-state index in [2.05, 4.69) is 26.0 Å². The van der Waals surface area contributed by atoms with Crippen LogP contribution < -0.4 is 5.73 Å². The molecule has 0 aliphatic rings. The van der Waals surface area contributed by atoms with Crippen molar-refractivity contribution in [2.45, 2.75) is 213 Å². The second kappa shape index (κ2) is 37.7. The Morgan fingerprint density at radius 2 is 0.780 bits per heavy atom. The summed E-state index contributed by atoms with van der Waals surface area (Å²) in [5, 5.41) is 0. The van der Waals surface area contributed by atoms with Gasteiger partial charge in [-0.3, -0.25) is 0 Å². The molecule has 0 aromatic carbocycles. The molecule has 0 fully saturated rings. The molecule has 1 unspecified atom stereocenters. The molecule has 0 aromatic heterocycles. The molecule has 0 aliphatic carbocycles. The number of allylic oxidation sites excluding steroid dienone is 2. The molecule has 0 bridgehead atoms. The molecule has 2 heteroatoms. The van der Waals surface area contributed by atoms with Gasteiger partial charge in [-0.25, -0.2) is 0 Å². The first kappa shape index (κ1) is 40.7. The van der Waals surface area contributed by atoms with Crippen LogP contribution in [0.2, 0.25) is 0 Å². The molecule has 0 spiro atoms. The third kappa shape index (κ3) is 35.8. The van der Waals surface area contributed by atoms with E-state index >= 15 is 0 Å². The molecule has 0 amide bonds. The zero-order valence-corrected chi connectivity index (χ0v) is 28.8. The van der Waals surface area contributed by atoms with Crippen LogP contribution in [0, 0.1) is 5.92 Å². The molecule has 2 N–H and O–H groups in total. The van der Waals surface area contributed by atoms with Gasteiger partial charge in [0.1, 0.15) is 0 Å². The van der Waals surface area contributed by atoms with E-state index in [1.165, 1.54) is 199 Å². The molecule has 246 valence electrons. The van der Waals surface area contributed by atoms with Crippen molar-refractivity contribution < 1.29 is 4.74 Å². The van der Waals surface area contributed by atoms with Crippen molar-refractivity contribution in [1.29, 1.82) is 0 Å². The van der Waals surface area contributed by atoms with Crippen molar-refractivity contribution >= 4 is 0 Å². The minimum atomic E-state index is 0.563. The Morgan fingerprint density at radius 1 is 0.439 bits per heavy atom. The van der Waals surface area contributed by atoms with E-state index in [9.17, 15) is 0 Å². The zero-order chi connectivity index (χ0) is 29.7. The maximum Gasteiger partial charge on any atom is 0.0506 e. The summed E-state index contributed by atoms with van der Waals surface area (Å²) in [4.78, 5) is 0. The fraction of sp³-hybridized carbons (Fsp3) is 0.949. The lowest BCUT2D eigenvalue weighted by Gasteiger charge is -2.15. The van der Waals surface area contributed by atoms with Crippen LogP contribution in [-0.4, -0.2) is 19.8 Å². The van der Waals surface area contributed by atoms with Crippen LogP contribution in [0.3, 0.4) is 0 Å². The fourth-order valence-electron chi connectivity index (χ4n) is 5.95. The van der Waals surface area contributed by atoms with Crippen molar-refractivity contribution in [2.75, 3.05) is 19.8 Å². The van der Waals surface area contributed by atoms with Gasteiger partial charge in [-0.1, -0.05) is 187 Å². The number of nitrogens with two attached hydrogens (primary N) is 1. The first-order valence-electron chi connectivity index (χ1n) is 19.3. The Morgan fingerprint density at radius 3 is 1.17 bits per heavy atom. The van der Waals surface area contributed by atoms with Gasteiger partial charge < -0.3 is 10.5 Å². The number of rotatable bonds is 36. The largest absolute Gasteiger partial charge is 0.381 e. The summed E-state index contributed by atoms with van der Waals surface area (Å²) >= 11 is 0. The number of hydrogen-bond donors (Lipinski definition) is 1. The lowest BCUT2D eigenvalue weighted by Crippen LogP contribution is -2.20. The van der Waals surface area contributed by atoms with Gasteiger partial charge in [-0.2, -0.15) is 0 Å². The molecular formula is C39H79NO. The molecule has 0 aliphatic heterocycles. The predicted octanol–water partition coefficient (Wildman–Crippen LogP) is 13.3. The highest BCUT2D eigenvalue weighted by Crippen LogP contribution is 2.15. The monoisotopic (exact) mass is 578 g/mol. The third-order valence-electron chi connectivity index (χ3n) is 8.95. The summed E-state index contributed by atoms with van der Waals surface area (Å²) in [5.41, 5.74) is 6.03. The van der Waals surface area contributed by atoms with Crippen molar-refractivity contribution in [3.63, 3.8) is 0 Å². The molecule has 0 heterocycles. The van der Waals surface area contributed by atoms with Crippen LogP contribution in [0.1, 0.15) is 213 Å². The van der Waals surface area contributed by atoms with Gasteiger partial charge in [0.15, 0.2) is 0 Å². The van der Waals surface area contributed by atoms with Gasteiger partial charge in [0.2, 0.25) is 0 Å². The van der Waals surface area contributed by atoms with Crippen LogP contribution >= 0.6 is 0 Å². The Hall–Kier alpha value is -0.340. The van der Waals surface area contributed by atoms with E-state index < -0.39 is 0 Å². The van der Waals surface area contributed by atoms with E-state index in [0.717, 1.165) is 19.8 Å². The van der Waals surface area contributed by atoms with Gasteiger partial charge in [0, 0.05) is 6.61 Å². The van der Waals surface area contributed by atoms with E-state index in [-0.39, 0.29) is 0 Å². The summed E-state index contributed by atoms with van der Waals surface area (Å²) in [6.45, 7) is 7.18. The smallest absolute Gasteiger partial charge is 0.0506 e. The van der Waals surface area contributed by atoms with Crippen LogP contribution in [0.25, 0.3) is 0 Å². The first-order chi connectivity index (χ1) is 20.3. The van der Waals surface area contributed by atoms with Crippen molar-refractivity contribution in [1.82, 2.24) is 0 Å². The lowest BCUT2D eigenvalue weighted by molar-refractivity contribution is 0.0945. The Kier molecular flexibility index (Phi) is 37.4. The standard InChI is InChI=1S/C39H79NO/c1-3-5-7-9-11-13-15-17-19-21-23-25-27-29-31-33-35-39(37-40)38-41-36-34-32-30-28-26-24-22-20-18-16-14-12-10-8-6-4-2/h17,19,39H,3-16,18,20-38,40H2,1-2H3. The third-order valence-corrected chi connectivity index (χ3v) is 8.95. The molecule has 1 atom stereocenters.